The summed E-state index contributed by atoms with van der Waals surface area (Å²) in [6.07, 6.45) is 0.473. The third-order valence-electron chi connectivity index (χ3n) is 6.06. The van der Waals surface area contributed by atoms with Gasteiger partial charge in [-0.2, -0.15) is 13.2 Å². The molecule has 1 fully saturated rings. The van der Waals surface area contributed by atoms with Crippen molar-refractivity contribution in [1.82, 2.24) is 25.1 Å². The summed E-state index contributed by atoms with van der Waals surface area (Å²) in [5.41, 5.74) is 3.41. The highest BCUT2D eigenvalue weighted by Crippen LogP contribution is 2.17. The van der Waals surface area contributed by atoms with Crippen molar-refractivity contribution in [3.05, 3.63) is 66.0 Å². The van der Waals surface area contributed by atoms with Crippen molar-refractivity contribution in [1.29, 1.82) is 0 Å². The van der Waals surface area contributed by atoms with E-state index >= 15 is 0 Å². The van der Waals surface area contributed by atoms with Crippen LogP contribution in [0.1, 0.15) is 24.5 Å². The maximum absolute atomic E-state index is 12.7. The molecule has 0 spiro atoms. The van der Waals surface area contributed by atoms with Gasteiger partial charge in [0.05, 0.1) is 0 Å². The van der Waals surface area contributed by atoms with Crippen molar-refractivity contribution in [3.63, 3.8) is 0 Å². The Bertz CT molecular complexity index is 1140. The van der Waals surface area contributed by atoms with E-state index in [-0.39, 0.29) is 6.03 Å². The minimum absolute atomic E-state index is 0.0386. The minimum atomic E-state index is -5.08. The van der Waals surface area contributed by atoms with Gasteiger partial charge in [-0.3, -0.25) is 4.90 Å². The van der Waals surface area contributed by atoms with Crippen molar-refractivity contribution in [2.75, 3.05) is 26.2 Å². The number of hydrogen-bond acceptors (Lipinski definition) is 4. The fourth-order valence-electron chi connectivity index (χ4n) is 4.00. The van der Waals surface area contributed by atoms with Crippen molar-refractivity contribution in [3.8, 4) is 0 Å². The molecule has 2 amide bonds. The number of urea groups is 1. The van der Waals surface area contributed by atoms with Gasteiger partial charge in [-0.05, 0) is 43.0 Å². The fraction of sp³-hybridized carbons (Fsp3) is 0.400. The third kappa shape index (κ3) is 7.70. The van der Waals surface area contributed by atoms with E-state index in [0.29, 0.717) is 12.6 Å². The number of aromatic amines is 1. The Kier molecular flexibility index (Phi) is 9.29. The monoisotopic (exact) mass is 505 g/mol. The van der Waals surface area contributed by atoms with E-state index in [1.807, 2.05) is 23.2 Å². The van der Waals surface area contributed by atoms with E-state index < -0.39 is 12.1 Å². The molecule has 3 heterocycles. The molecule has 4 rings (SSSR count). The van der Waals surface area contributed by atoms with Crippen molar-refractivity contribution < 1.29 is 27.9 Å². The van der Waals surface area contributed by atoms with Gasteiger partial charge in [0.1, 0.15) is 5.65 Å². The average molecular weight is 506 g/mol. The largest absolute Gasteiger partial charge is 0.490 e. The fourth-order valence-corrected chi connectivity index (χ4v) is 4.00. The van der Waals surface area contributed by atoms with Crippen LogP contribution in [0, 0.1) is 0 Å². The average Bonchev–Trinajstić information content (AvgIpc) is 3.17. The van der Waals surface area contributed by atoms with Crippen molar-refractivity contribution in [2.24, 2.45) is 0 Å². The first-order valence-electron chi connectivity index (χ1n) is 11.7. The Labute approximate surface area is 207 Å². The summed E-state index contributed by atoms with van der Waals surface area (Å²) in [4.78, 5) is 33.5. The highest BCUT2D eigenvalue weighted by atomic mass is 19.4. The second-order valence-corrected chi connectivity index (χ2v) is 8.58. The topological polar surface area (TPSA) is 102 Å². The number of aliphatic carboxylic acids is 1. The van der Waals surface area contributed by atoms with Gasteiger partial charge < -0.3 is 20.3 Å². The van der Waals surface area contributed by atoms with Gasteiger partial charge in [0.2, 0.25) is 0 Å². The van der Waals surface area contributed by atoms with E-state index in [1.54, 1.807) is 6.20 Å². The number of carboxylic acids is 1. The van der Waals surface area contributed by atoms with E-state index in [0.717, 1.165) is 50.1 Å². The highest BCUT2D eigenvalue weighted by Gasteiger charge is 2.38. The number of rotatable bonds is 5. The number of halogens is 3. The van der Waals surface area contributed by atoms with Crippen LogP contribution in [-0.4, -0.2) is 75.3 Å². The van der Waals surface area contributed by atoms with E-state index in [9.17, 15) is 18.0 Å². The molecule has 1 aromatic carbocycles. The zero-order chi connectivity index (χ0) is 26.1. The predicted molar refractivity (Wildman–Crippen MR) is 129 cm³/mol. The van der Waals surface area contributed by atoms with Gasteiger partial charge in [-0.25, -0.2) is 14.6 Å². The number of nitrogens with one attached hydrogen (secondary N) is 2. The summed E-state index contributed by atoms with van der Waals surface area (Å²) in [5, 5.41) is 11.3. The van der Waals surface area contributed by atoms with Crippen LogP contribution in [0.2, 0.25) is 0 Å². The third-order valence-corrected chi connectivity index (χ3v) is 6.06. The summed E-state index contributed by atoms with van der Waals surface area (Å²) in [7, 11) is 0. The van der Waals surface area contributed by atoms with Crippen LogP contribution in [0.4, 0.5) is 18.0 Å². The molecule has 1 aliphatic rings. The second kappa shape index (κ2) is 12.4. The smallest absolute Gasteiger partial charge is 0.475 e. The number of pyridine rings is 1. The zero-order valence-electron chi connectivity index (χ0n) is 20.0. The first-order valence-corrected chi connectivity index (χ1v) is 11.7. The summed E-state index contributed by atoms with van der Waals surface area (Å²) in [6.45, 7) is 6.29. The number of nitrogens with zero attached hydrogens (tertiary/aromatic N) is 3. The Morgan fingerprint density at radius 2 is 1.86 bits per heavy atom. The number of H-pyrrole nitrogens is 1. The van der Waals surface area contributed by atoms with Gasteiger partial charge in [-0.15, -0.1) is 0 Å². The Balaban J connectivity index is 0.000000454. The molecule has 8 nitrogen and oxygen atoms in total. The number of carbonyl (C=O) groups excluding carboxylic acids is 1. The molecule has 11 heteroatoms. The molecule has 194 valence electrons. The Morgan fingerprint density at radius 1 is 1.14 bits per heavy atom. The minimum Gasteiger partial charge on any atom is -0.475 e. The maximum atomic E-state index is 12.7. The molecular weight excluding hydrogens is 475 g/mol. The van der Waals surface area contributed by atoms with Gasteiger partial charge in [-0.1, -0.05) is 30.3 Å². The number of aromatic nitrogens is 2. The normalized spacial score (nSPS) is 16.7. The molecule has 1 unspecified atom stereocenters. The van der Waals surface area contributed by atoms with Crippen LogP contribution in [0.5, 0.6) is 0 Å². The van der Waals surface area contributed by atoms with Crippen LogP contribution in [0.25, 0.3) is 11.0 Å². The van der Waals surface area contributed by atoms with Crippen molar-refractivity contribution in [2.45, 2.75) is 38.5 Å². The quantitative estimate of drug-likeness (QED) is 0.486. The molecule has 0 aliphatic carbocycles. The molecule has 1 atom stereocenters. The van der Waals surface area contributed by atoms with Crippen LogP contribution >= 0.6 is 0 Å². The lowest BCUT2D eigenvalue weighted by Crippen LogP contribution is -2.42. The maximum Gasteiger partial charge on any atom is 0.490 e. The number of alkyl halides is 3. The summed E-state index contributed by atoms with van der Waals surface area (Å²) in [5.74, 6) is -2.76. The lowest BCUT2D eigenvalue weighted by atomic mass is 10.1. The molecule has 3 aromatic rings. The molecule has 0 radical (unpaired) electrons. The Hall–Kier alpha value is -3.60. The molecule has 1 saturated heterocycles. The number of fused-ring (bicyclic) bond motifs is 1. The molecule has 0 bridgehead atoms. The molecule has 3 N–H and O–H groups in total. The number of benzene rings is 1. The summed E-state index contributed by atoms with van der Waals surface area (Å²) < 4.78 is 31.7. The van der Waals surface area contributed by atoms with Crippen molar-refractivity contribution >= 4 is 23.0 Å². The SMILES string of the molecule is CC1CCN(C(=O)NCCc2c[nH]c3ncccc23)CCN1Cc1ccccc1.O=C(O)C(F)(F)F. The zero-order valence-corrected chi connectivity index (χ0v) is 20.0. The molecule has 36 heavy (non-hydrogen) atoms. The summed E-state index contributed by atoms with van der Waals surface area (Å²) in [6, 6.07) is 15.1. The lowest BCUT2D eigenvalue weighted by molar-refractivity contribution is -0.192. The molecular formula is C25H30F3N5O3. The van der Waals surface area contributed by atoms with Crippen LogP contribution in [-0.2, 0) is 17.8 Å². The molecule has 2 aromatic heterocycles. The number of amides is 2. The van der Waals surface area contributed by atoms with E-state index in [2.05, 4.69) is 57.4 Å². The highest BCUT2D eigenvalue weighted by molar-refractivity contribution is 5.79. The van der Waals surface area contributed by atoms with Gasteiger partial charge >= 0.3 is 18.2 Å². The Morgan fingerprint density at radius 3 is 2.56 bits per heavy atom. The van der Waals surface area contributed by atoms with Crippen LogP contribution in [0.15, 0.2) is 54.9 Å². The standard InChI is InChI=1S/C23H29N5O.C2HF3O2/c1-18-10-13-27(14-15-28(18)17-19-6-3-2-4-7-19)23(29)25-12-9-20-16-26-22-21(20)8-5-11-24-22;3-2(4,5)1(6)7/h2-8,11,16,18H,9-10,12-15,17H2,1H3,(H,24,26)(H,25,29);(H,6,7). The number of carboxylic acid groups (broad SMARTS) is 1. The van der Waals surface area contributed by atoms with E-state index in [1.165, 1.54) is 11.1 Å². The predicted octanol–water partition coefficient (Wildman–Crippen LogP) is 4.04. The first-order chi connectivity index (χ1) is 17.1. The van der Waals surface area contributed by atoms with Crippen LogP contribution < -0.4 is 5.32 Å². The number of carbonyl (C=O) groups is 2. The lowest BCUT2D eigenvalue weighted by Gasteiger charge is -2.26. The van der Waals surface area contributed by atoms with Gasteiger partial charge in [0, 0.05) is 56.5 Å². The first kappa shape index (κ1) is 27.0. The van der Waals surface area contributed by atoms with Crippen LogP contribution in [0.3, 0.4) is 0 Å². The molecule has 0 saturated carbocycles. The van der Waals surface area contributed by atoms with Gasteiger partial charge in [0.15, 0.2) is 0 Å². The van der Waals surface area contributed by atoms with E-state index in [4.69, 9.17) is 9.90 Å². The summed E-state index contributed by atoms with van der Waals surface area (Å²) >= 11 is 0. The molecule has 1 aliphatic heterocycles. The second-order valence-electron chi connectivity index (χ2n) is 8.58. The van der Waals surface area contributed by atoms with Gasteiger partial charge in [0.25, 0.3) is 0 Å². The number of hydrogen-bond donors (Lipinski definition) is 3.